The van der Waals surface area contributed by atoms with Crippen LogP contribution < -0.4 is 10.1 Å². The maximum atomic E-state index is 13.5. The predicted molar refractivity (Wildman–Crippen MR) is 113 cm³/mol. The summed E-state index contributed by atoms with van der Waals surface area (Å²) in [5, 5.41) is 12.6. The van der Waals surface area contributed by atoms with E-state index in [0.717, 1.165) is 17.5 Å². The zero-order valence-corrected chi connectivity index (χ0v) is 17.3. The smallest absolute Gasteiger partial charge is 0.235 e. The molecule has 152 valence electrons. The summed E-state index contributed by atoms with van der Waals surface area (Å²) < 4.78 is 11.3. The van der Waals surface area contributed by atoms with Crippen LogP contribution >= 0.6 is 0 Å². The number of anilines is 1. The largest absolute Gasteiger partial charge is 0.491 e. The van der Waals surface area contributed by atoms with Gasteiger partial charge in [0, 0.05) is 19.3 Å². The third kappa shape index (κ3) is 4.60. The highest BCUT2D eigenvalue weighted by atomic mass is 16.5. The quantitative estimate of drug-likeness (QED) is 0.771. The summed E-state index contributed by atoms with van der Waals surface area (Å²) in [5.41, 5.74) is 2.35. The maximum Gasteiger partial charge on any atom is 0.235 e. The first-order valence-electron chi connectivity index (χ1n) is 10.2. The summed E-state index contributed by atoms with van der Waals surface area (Å²) in [6, 6.07) is 15.5. The van der Waals surface area contributed by atoms with Crippen molar-refractivity contribution in [3.05, 3.63) is 59.2 Å². The van der Waals surface area contributed by atoms with Crippen LogP contribution in [0.3, 0.4) is 0 Å². The Morgan fingerprint density at radius 2 is 2.03 bits per heavy atom. The third-order valence-electron chi connectivity index (χ3n) is 5.62. The van der Waals surface area contributed by atoms with Crippen LogP contribution in [-0.2, 0) is 14.9 Å². The van der Waals surface area contributed by atoms with Crippen LogP contribution in [0.25, 0.3) is 0 Å². The van der Waals surface area contributed by atoms with Gasteiger partial charge in [0.1, 0.15) is 11.8 Å². The van der Waals surface area contributed by atoms with Crippen LogP contribution in [0.1, 0.15) is 49.8 Å². The summed E-state index contributed by atoms with van der Waals surface area (Å²) >= 11 is 0. The summed E-state index contributed by atoms with van der Waals surface area (Å²) in [6.45, 7) is 7.13. The van der Waals surface area contributed by atoms with E-state index in [1.165, 1.54) is 0 Å². The van der Waals surface area contributed by atoms with Gasteiger partial charge in [-0.05, 0) is 50.8 Å². The van der Waals surface area contributed by atoms with Crippen molar-refractivity contribution in [2.45, 2.75) is 51.6 Å². The molecule has 0 saturated carbocycles. The number of nitrogens with zero attached hydrogens (tertiary/aromatic N) is 1. The fourth-order valence-corrected chi connectivity index (χ4v) is 3.67. The second kappa shape index (κ2) is 9.11. The average molecular weight is 392 g/mol. The topological polar surface area (TPSA) is 71.3 Å². The van der Waals surface area contributed by atoms with E-state index in [4.69, 9.17) is 9.47 Å². The fraction of sp³-hybridized carbons (Fsp3) is 0.417. The number of nitrogens with one attached hydrogen (secondary N) is 1. The van der Waals surface area contributed by atoms with Crippen LogP contribution in [0.5, 0.6) is 5.75 Å². The van der Waals surface area contributed by atoms with E-state index in [0.29, 0.717) is 43.1 Å². The second-order valence-corrected chi connectivity index (χ2v) is 7.67. The van der Waals surface area contributed by atoms with Gasteiger partial charge in [0.15, 0.2) is 0 Å². The number of amides is 1. The van der Waals surface area contributed by atoms with E-state index in [-0.39, 0.29) is 12.0 Å². The SMILES string of the molecule is CCC(C)Oc1ccc(NC(=O)C2(c3cccc(C)c3)CCOCC2)c(C#N)c1. The molecular formula is C24H28N2O3. The van der Waals surface area contributed by atoms with Crippen molar-refractivity contribution in [2.75, 3.05) is 18.5 Å². The molecule has 3 rings (SSSR count). The lowest BCUT2D eigenvalue weighted by Crippen LogP contribution is -2.45. The van der Waals surface area contributed by atoms with Gasteiger partial charge in [-0.25, -0.2) is 0 Å². The van der Waals surface area contributed by atoms with Gasteiger partial charge in [-0.2, -0.15) is 5.26 Å². The Bertz CT molecular complexity index is 911. The molecule has 1 heterocycles. The van der Waals surface area contributed by atoms with Gasteiger partial charge in [-0.3, -0.25) is 4.79 Å². The summed E-state index contributed by atoms with van der Waals surface area (Å²) in [5.74, 6) is 0.534. The molecule has 29 heavy (non-hydrogen) atoms. The first-order valence-corrected chi connectivity index (χ1v) is 10.2. The first kappa shape index (κ1) is 20.9. The van der Waals surface area contributed by atoms with Gasteiger partial charge in [0.2, 0.25) is 5.91 Å². The van der Waals surface area contributed by atoms with Gasteiger partial charge in [0.25, 0.3) is 0 Å². The number of nitriles is 1. The molecule has 5 nitrogen and oxygen atoms in total. The molecule has 1 N–H and O–H groups in total. The Balaban J connectivity index is 1.89. The average Bonchev–Trinajstić information content (AvgIpc) is 2.75. The van der Waals surface area contributed by atoms with Crippen LogP contribution in [0.4, 0.5) is 5.69 Å². The lowest BCUT2D eigenvalue weighted by atomic mass is 9.73. The van der Waals surface area contributed by atoms with Gasteiger partial charge < -0.3 is 14.8 Å². The highest BCUT2D eigenvalue weighted by Gasteiger charge is 2.42. The molecule has 0 spiro atoms. The van der Waals surface area contributed by atoms with Crippen molar-refractivity contribution in [1.82, 2.24) is 0 Å². The molecule has 0 radical (unpaired) electrons. The lowest BCUT2D eigenvalue weighted by molar-refractivity contribution is -0.125. The molecule has 0 aromatic heterocycles. The molecule has 1 aliphatic heterocycles. The lowest BCUT2D eigenvalue weighted by Gasteiger charge is -2.36. The van der Waals surface area contributed by atoms with Crippen LogP contribution in [-0.4, -0.2) is 25.2 Å². The molecule has 0 bridgehead atoms. The number of hydrogen-bond acceptors (Lipinski definition) is 4. The normalized spacial score (nSPS) is 16.5. The highest BCUT2D eigenvalue weighted by Crippen LogP contribution is 2.37. The first-order chi connectivity index (χ1) is 14.0. The number of carbonyl (C=O) groups is 1. The minimum Gasteiger partial charge on any atom is -0.491 e. The van der Waals surface area contributed by atoms with Crippen molar-refractivity contribution < 1.29 is 14.3 Å². The number of carbonyl (C=O) groups excluding carboxylic acids is 1. The Morgan fingerprint density at radius 1 is 1.28 bits per heavy atom. The molecule has 1 fully saturated rings. The van der Waals surface area contributed by atoms with Crippen LogP contribution in [0, 0.1) is 18.3 Å². The van der Waals surface area contributed by atoms with E-state index in [1.807, 2.05) is 39.0 Å². The Kier molecular flexibility index (Phi) is 6.56. The molecule has 1 unspecified atom stereocenters. The molecule has 1 amide bonds. The minimum atomic E-state index is -0.664. The minimum absolute atomic E-state index is 0.0637. The summed E-state index contributed by atoms with van der Waals surface area (Å²) in [7, 11) is 0. The van der Waals surface area contributed by atoms with Crippen molar-refractivity contribution in [3.63, 3.8) is 0 Å². The maximum absolute atomic E-state index is 13.5. The third-order valence-corrected chi connectivity index (χ3v) is 5.62. The Morgan fingerprint density at radius 3 is 2.69 bits per heavy atom. The van der Waals surface area contributed by atoms with Gasteiger partial charge >= 0.3 is 0 Å². The van der Waals surface area contributed by atoms with Crippen molar-refractivity contribution >= 4 is 11.6 Å². The highest BCUT2D eigenvalue weighted by molar-refractivity contribution is 6.00. The molecular weight excluding hydrogens is 364 g/mol. The number of rotatable bonds is 6. The zero-order valence-electron chi connectivity index (χ0n) is 17.3. The fourth-order valence-electron chi connectivity index (χ4n) is 3.67. The standard InChI is InChI=1S/C24H28N2O3/c1-4-18(3)29-21-8-9-22(19(15-21)16-25)26-23(27)24(10-12-28-13-11-24)20-7-5-6-17(2)14-20/h5-9,14-15,18H,4,10-13H2,1-3H3,(H,26,27). The summed E-state index contributed by atoms with van der Waals surface area (Å²) in [4.78, 5) is 13.5. The van der Waals surface area contributed by atoms with E-state index in [2.05, 4.69) is 17.5 Å². The monoisotopic (exact) mass is 392 g/mol. The van der Waals surface area contributed by atoms with E-state index < -0.39 is 5.41 Å². The Hall–Kier alpha value is -2.84. The number of hydrogen-bond donors (Lipinski definition) is 1. The molecule has 5 heteroatoms. The molecule has 2 aromatic rings. The Labute approximate surface area is 172 Å². The zero-order chi connectivity index (χ0) is 20.9. The van der Waals surface area contributed by atoms with Crippen molar-refractivity contribution in [3.8, 4) is 11.8 Å². The van der Waals surface area contributed by atoms with Crippen LogP contribution in [0.2, 0.25) is 0 Å². The summed E-state index contributed by atoms with van der Waals surface area (Å²) in [6.07, 6.45) is 2.16. The number of benzene rings is 2. The number of ether oxygens (including phenoxy) is 2. The molecule has 2 aromatic carbocycles. The second-order valence-electron chi connectivity index (χ2n) is 7.67. The van der Waals surface area contributed by atoms with E-state index >= 15 is 0 Å². The number of aryl methyl sites for hydroxylation is 1. The predicted octanol–water partition coefficient (Wildman–Crippen LogP) is 4.73. The van der Waals surface area contributed by atoms with E-state index in [9.17, 15) is 10.1 Å². The van der Waals surface area contributed by atoms with Gasteiger partial charge in [0.05, 0.1) is 22.8 Å². The van der Waals surface area contributed by atoms with Crippen molar-refractivity contribution in [2.24, 2.45) is 0 Å². The van der Waals surface area contributed by atoms with Gasteiger partial charge in [-0.15, -0.1) is 0 Å². The van der Waals surface area contributed by atoms with E-state index in [1.54, 1.807) is 18.2 Å². The molecule has 1 aliphatic rings. The molecule has 1 saturated heterocycles. The molecule has 0 aliphatic carbocycles. The van der Waals surface area contributed by atoms with Crippen LogP contribution in [0.15, 0.2) is 42.5 Å². The van der Waals surface area contributed by atoms with Gasteiger partial charge in [-0.1, -0.05) is 36.8 Å². The van der Waals surface area contributed by atoms with Crippen molar-refractivity contribution in [1.29, 1.82) is 5.26 Å². The molecule has 1 atom stereocenters.